The molecule has 0 saturated carbocycles. The van der Waals surface area contributed by atoms with Gasteiger partial charge in [0.15, 0.2) is 5.13 Å². The van der Waals surface area contributed by atoms with Crippen LogP contribution >= 0.6 is 11.3 Å². The van der Waals surface area contributed by atoms with Gasteiger partial charge in [0.05, 0.1) is 18.2 Å². The van der Waals surface area contributed by atoms with Crippen LogP contribution in [0, 0.1) is 6.92 Å². The van der Waals surface area contributed by atoms with Gasteiger partial charge in [-0.1, -0.05) is 0 Å². The van der Waals surface area contributed by atoms with Gasteiger partial charge in [0.25, 0.3) is 0 Å². The maximum atomic E-state index is 12.4. The second-order valence-electron chi connectivity index (χ2n) is 6.82. The number of carbonyl (C=O) groups excluding carboxylic acids is 1. The Morgan fingerprint density at radius 2 is 2.18 bits per heavy atom. The second-order valence-corrected chi connectivity index (χ2v) is 8.05. The van der Waals surface area contributed by atoms with Crippen LogP contribution in [0.4, 0.5) is 10.9 Å². The Morgan fingerprint density at radius 3 is 2.89 bits per heavy atom. The summed E-state index contributed by atoms with van der Waals surface area (Å²) in [6.45, 7) is 3.55. The Bertz CT molecular complexity index is 957. The third-order valence-electron chi connectivity index (χ3n) is 4.84. The molecule has 0 radical (unpaired) electrons. The largest absolute Gasteiger partial charge is 0.345 e. The molecule has 0 spiro atoms. The smallest absolute Gasteiger partial charge is 0.246 e. The van der Waals surface area contributed by atoms with Gasteiger partial charge in [-0.15, -0.1) is 11.3 Å². The zero-order valence-electron chi connectivity index (χ0n) is 15.6. The van der Waals surface area contributed by atoms with Crippen molar-refractivity contribution in [3.63, 3.8) is 0 Å². The number of amides is 1. The molecule has 8 heteroatoms. The predicted octanol–water partition coefficient (Wildman–Crippen LogP) is 3.73. The average molecular weight is 395 g/mol. The van der Waals surface area contributed by atoms with Crippen molar-refractivity contribution in [3.8, 4) is 0 Å². The number of thiazole rings is 1. The number of hydrogen-bond acceptors (Lipinski definition) is 6. The normalized spacial score (nSPS) is 15.2. The summed E-state index contributed by atoms with van der Waals surface area (Å²) in [5.74, 6) is 1.29. The molecular formula is C20H22N6OS. The topological polar surface area (TPSA) is 86.8 Å². The third kappa shape index (κ3) is 4.45. The van der Waals surface area contributed by atoms with Crippen LogP contribution in [0.1, 0.15) is 34.9 Å². The fraction of sp³-hybridized carbons (Fsp3) is 0.300. The van der Waals surface area contributed by atoms with E-state index in [1.165, 1.54) is 5.56 Å². The molecule has 144 valence electrons. The highest BCUT2D eigenvalue weighted by atomic mass is 32.1. The lowest BCUT2D eigenvalue weighted by molar-refractivity contribution is -0.126. The third-order valence-corrected chi connectivity index (χ3v) is 5.67. The number of imidazole rings is 1. The molecule has 0 unspecified atom stereocenters. The van der Waals surface area contributed by atoms with Crippen molar-refractivity contribution in [2.45, 2.75) is 25.7 Å². The van der Waals surface area contributed by atoms with E-state index in [4.69, 9.17) is 0 Å². The van der Waals surface area contributed by atoms with E-state index in [1.54, 1.807) is 36.0 Å². The molecule has 28 heavy (non-hydrogen) atoms. The monoisotopic (exact) mass is 394 g/mol. The van der Waals surface area contributed by atoms with E-state index in [0.29, 0.717) is 5.92 Å². The van der Waals surface area contributed by atoms with Gasteiger partial charge >= 0.3 is 0 Å². The standard InChI is InChI=1S/C20H22N6OS/c1-14-11-23-20(28-14)25-18-10-16(4-7-22-18)15-5-8-26(9-6-15)19(27)3-2-17-12-21-13-24-17/h2-4,7,10-13,15H,5-6,8-9H2,1H3,(H,21,24)(H,22,23,25)/b3-2+. The molecule has 3 aromatic rings. The van der Waals surface area contributed by atoms with Gasteiger partial charge in [-0.2, -0.15) is 0 Å². The number of aromatic nitrogens is 4. The summed E-state index contributed by atoms with van der Waals surface area (Å²) in [5, 5.41) is 4.13. The number of aromatic amines is 1. The Hall–Kier alpha value is -3.00. The molecule has 1 fully saturated rings. The lowest BCUT2D eigenvalue weighted by Gasteiger charge is -2.31. The fourth-order valence-corrected chi connectivity index (χ4v) is 4.02. The molecule has 0 aliphatic carbocycles. The number of hydrogen-bond donors (Lipinski definition) is 2. The molecule has 3 aromatic heterocycles. The van der Waals surface area contributed by atoms with Gasteiger partial charge in [-0.25, -0.2) is 15.0 Å². The minimum atomic E-state index is 0.0456. The van der Waals surface area contributed by atoms with E-state index in [9.17, 15) is 4.79 Å². The minimum Gasteiger partial charge on any atom is -0.345 e. The van der Waals surface area contributed by atoms with Crippen LogP contribution in [0.3, 0.4) is 0 Å². The summed E-state index contributed by atoms with van der Waals surface area (Å²) in [6, 6.07) is 4.16. The van der Waals surface area contributed by atoms with E-state index >= 15 is 0 Å². The lowest BCUT2D eigenvalue weighted by atomic mass is 9.90. The SMILES string of the molecule is Cc1cnc(Nc2cc(C3CCN(C(=O)/C=C/c4cnc[nH]4)CC3)ccn2)s1. The number of carbonyl (C=O) groups is 1. The van der Waals surface area contributed by atoms with Crippen molar-refractivity contribution in [2.75, 3.05) is 18.4 Å². The molecule has 0 bridgehead atoms. The van der Waals surface area contributed by atoms with Gasteiger partial charge in [0.2, 0.25) is 5.91 Å². The highest BCUT2D eigenvalue weighted by Gasteiger charge is 2.23. The first kappa shape index (κ1) is 18.4. The highest BCUT2D eigenvalue weighted by molar-refractivity contribution is 7.15. The second kappa shape index (κ2) is 8.35. The van der Waals surface area contributed by atoms with Gasteiger partial charge in [-0.05, 0) is 49.5 Å². The number of nitrogens with one attached hydrogen (secondary N) is 2. The van der Waals surface area contributed by atoms with Crippen molar-refractivity contribution < 1.29 is 4.79 Å². The van der Waals surface area contributed by atoms with Gasteiger partial charge in [-0.3, -0.25) is 4.79 Å². The van der Waals surface area contributed by atoms with Gasteiger partial charge < -0.3 is 15.2 Å². The summed E-state index contributed by atoms with van der Waals surface area (Å²) >= 11 is 1.61. The Labute approximate surface area is 167 Å². The zero-order valence-corrected chi connectivity index (χ0v) is 16.4. The van der Waals surface area contributed by atoms with Crippen LogP contribution in [0.2, 0.25) is 0 Å². The predicted molar refractivity (Wildman–Crippen MR) is 111 cm³/mol. The molecule has 1 saturated heterocycles. The molecule has 1 amide bonds. The average Bonchev–Trinajstić information content (AvgIpc) is 3.38. The van der Waals surface area contributed by atoms with Crippen LogP contribution in [-0.2, 0) is 4.79 Å². The maximum Gasteiger partial charge on any atom is 0.246 e. The number of aryl methyl sites for hydroxylation is 1. The van der Waals surface area contributed by atoms with Crippen LogP contribution < -0.4 is 5.32 Å². The molecular weight excluding hydrogens is 372 g/mol. The molecule has 4 heterocycles. The van der Waals surface area contributed by atoms with Gasteiger partial charge in [0.1, 0.15) is 5.82 Å². The first-order valence-corrected chi connectivity index (χ1v) is 10.1. The van der Waals surface area contributed by atoms with E-state index in [-0.39, 0.29) is 5.91 Å². The Balaban J connectivity index is 1.34. The Morgan fingerprint density at radius 1 is 1.32 bits per heavy atom. The van der Waals surface area contributed by atoms with E-state index in [0.717, 1.165) is 47.5 Å². The zero-order chi connectivity index (χ0) is 19.3. The Kier molecular flexibility index (Phi) is 5.48. The molecule has 0 aromatic carbocycles. The van der Waals surface area contributed by atoms with E-state index in [2.05, 4.69) is 37.4 Å². The summed E-state index contributed by atoms with van der Waals surface area (Å²) in [5.41, 5.74) is 2.08. The minimum absolute atomic E-state index is 0.0456. The summed E-state index contributed by atoms with van der Waals surface area (Å²) < 4.78 is 0. The van der Waals surface area contributed by atoms with Gasteiger partial charge in [0, 0.05) is 36.4 Å². The number of piperidine rings is 1. The first-order valence-electron chi connectivity index (χ1n) is 9.28. The first-order chi connectivity index (χ1) is 13.7. The number of rotatable bonds is 5. The van der Waals surface area contributed by atoms with Crippen LogP contribution in [0.5, 0.6) is 0 Å². The van der Waals surface area contributed by atoms with E-state index < -0.39 is 0 Å². The summed E-state index contributed by atoms with van der Waals surface area (Å²) in [6.07, 6.45) is 12.3. The quantitative estimate of drug-likeness (QED) is 0.644. The summed E-state index contributed by atoms with van der Waals surface area (Å²) in [7, 11) is 0. The number of pyridine rings is 1. The highest BCUT2D eigenvalue weighted by Crippen LogP contribution is 2.30. The van der Waals surface area contributed by atoms with Crippen LogP contribution in [0.15, 0.2) is 43.1 Å². The van der Waals surface area contributed by atoms with E-state index in [1.807, 2.05) is 24.2 Å². The maximum absolute atomic E-state index is 12.4. The molecule has 1 aliphatic heterocycles. The number of H-pyrrole nitrogens is 1. The van der Waals surface area contributed by atoms with Crippen LogP contribution in [-0.4, -0.2) is 43.8 Å². The number of anilines is 2. The van der Waals surface area contributed by atoms with Crippen molar-refractivity contribution >= 4 is 34.3 Å². The molecule has 2 N–H and O–H groups in total. The van der Waals surface area contributed by atoms with Crippen LogP contribution in [0.25, 0.3) is 6.08 Å². The lowest BCUT2D eigenvalue weighted by Crippen LogP contribution is -2.36. The van der Waals surface area contributed by atoms with Crippen molar-refractivity contribution in [1.29, 1.82) is 0 Å². The number of likely N-dealkylation sites (tertiary alicyclic amines) is 1. The summed E-state index contributed by atoms with van der Waals surface area (Å²) in [4.78, 5) is 31.1. The number of nitrogens with zero attached hydrogens (tertiary/aromatic N) is 4. The fourth-order valence-electron chi connectivity index (χ4n) is 3.35. The van der Waals surface area contributed by atoms with Crippen molar-refractivity contribution in [3.05, 3.63) is 59.3 Å². The molecule has 7 nitrogen and oxygen atoms in total. The molecule has 1 aliphatic rings. The molecule has 0 atom stereocenters. The van der Waals surface area contributed by atoms with Crippen molar-refractivity contribution in [2.24, 2.45) is 0 Å². The molecule has 4 rings (SSSR count). The van der Waals surface area contributed by atoms with Crippen molar-refractivity contribution in [1.82, 2.24) is 24.8 Å².